The van der Waals surface area contributed by atoms with Crippen molar-refractivity contribution in [3.8, 4) is 0 Å². The van der Waals surface area contributed by atoms with Crippen LogP contribution in [0.1, 0.15) is 15.9 Å². The number of hydrogen-bond donors (Lipinski definition) is 0. The van der Waals surface area contributed by atoms with Gasteiger partial charge in [-0.1, -0.05) is 51.3 Å². The summed E-state index contributed by atoms with van der Waals surface area (Å²) in [5.41, 5.74) is 1.45. The number of halogens is 3. The molecule has 2 aromatic rings. The maximum Gasteiger partial charge on any atom is 0.168 e. The maximum atomic E-state index is 12.1. The fourth-order valence-electron chi connectivity index (χ4n) is 1.59. The third-order valence-corrected chi connectivity index (χ3v) is 3.58. The molecule has 0 amide bonds. The second-order valence-electron chi connectivity index (χ2n) is 3.85. The zero-order chi connectivity index (χ0) is 13.1. The first-order chi connectivity index (χ1) is 8.56. The van der Waals surface area contributed by atoms with Gasteiger partial charge in [0.05, 0.1) is 5.02 Å². The Labute approximate surface area is 124 Å². The van der Waals surface area contributed by atoms with Gasteiger partial charge in [-0.3, -0.25) is 4.79 Å². The van der Waals surface area contributed by atoms with Crippen molar-refractivity contribution in [1.82, 2.24) is 0 Å². The van der Waals surface area contributed by atoms with E-state index in [-0.39, 0.29) is 5.78 Å². The van der Waals surface area contributed by atoms with Crippen LogP contribution in [0.15, 0.2) is 46.9 Å². The lowest BCUT2D eigenvalue weighted by molar-refractivity contribution is 0.0993. The third-order valence-electron chi connectivity index (χ3n) is 2.51. The van der Waals surface area contributed by atoms with Crippen molar-refractivity contribution in [2.24, 2.45) is 0 Å². The van der Waals surface area contributed by atoms with Gasteiger partial charge in [0.15, 0.2) is 5.78 Å². The van der Waals surface area contributed by atoms with Crippen LogP contribution < -0.4 is 0 Å². The number of benzene rings is 2. The molecule has 1 nitrogen and oxygen atoms in total. The van der Waals surface area contributed by atoms with Gasteiger partial charge in [0.1, 0.15) is 0 Å². The van der Waals surface area contributed by atoms with E-state index in [1.165, 1.54) is 0 Å². The summed E-state index contributed by atoms with van der Waals surface area (Å²) in [6.07, 6.45) is 0.313. The quantitative estimate of drug-likeness (QED) is 0.701. The Morgan fingerprint density at radius 3 is 2.39 bits per heavy atom. The largest absolute Gasteiger partial charge is 0.294 e. The average molecular weight is 344 g/mol. The molecule has 0 unspecified atom stereocenters. The van der Waals surface area contributed by atoms with E-state index >= 15 is 0 Å². The van der Waals surface area contributed by atoms with E-state index in [9.17, 15) is 4.79 Å². The Bertz CT molecular complexity index is 579. The topological polar surface area (TPSA) is 17.1 Å². The van der Waals surface area contributed by atoms with Crippen LogP contribution in [0, 0.1) is 0 Å². The van der Waals surface area contributed by atoms with Crippen molar-refractivity contribution in [1.29, 1.82) is 0 Å². The minimum absolute atomic E-state index is 0.0105. The molecular weight excluding hydrogens is 335 g/mol. The highest BCUT2D eigenvalue weighted by molar-refractivity contribution is 9.10. The number of ketones is 1. The minimum Gasteiger partial charge on any atom is -0.294 e. The van der Waals surface area contributed by atoms with Crippen LogP contribution in [-0.4, -0.2) is 5.78 Å². The van der Waals surface area contributed by atoms with Crippen LogP contribution in [0.25, 0.3) is 0 Å². The molecule has 4 heteroatoms. The number of rotatable bonds is 3. The van der Waals surface area contributed by atoms with Crippen LogP contribution in [0.4, 0.5) is 0 Å². The fourth-order valence-corrected chi connectivity index (χ4v) is 2.30. The number of Topliss-reactive ketones (excluding diaryl/α,β-unsaturated/α-hetero) is 1. The van der Waals surface area contributed by atoms with Gasteiger partial charge in [0.25, 0.3) is 0 Å². The van der Waals surface area contributed by atoms with Crippen molar-refractivity contribution < 1.29 is 4.79 Å². The Balaban J connectivity index is 2.21. The van der Waals surface area contributed by atoms with Crippen molar-refractivity contribution >= 4 is 44.9 Å². The summed E-state index contributed by atoms with van der Waals surface area (Å²) < 4.78 is 0.839. The summed E-state index contributed by atoms with van der Waals surface area (Å²) in [4.78, 5) is 12.1. The fraction of sp³-hybridized carbons (Fsp3) is 0.0714. The maximum absolute atomic E-state index is 12.1. The number of hydrogen-bond acceptors (Lipinski definition) is 1. The molecule has 2 aromatic carbocycles. The molecule has 0 spiro atoms. The summed E-state index contributed by atoms with van der Waals surface area (Å²) >= 11 is 15.2. The van der Waals surface area contributed by atoms with Gasteiger partial charge in [0, 0.05) is 21.5 Å². The SMILES string of the molecule is O=C(Cc1ccc(Cl)cc1)c1cc(Br)ccc1Cl. The Morgan fingerprint density at radius 2 is 1.72 bits per heavy atom. The van der Waals surface area contributed by atoms with E-state index in [1.54, 1.807) is 30.3 Å². The monoisotopic (exact) mass is 342 g/mol. The van der Waals surface area contributed by atoms with E-state index in [0.29, 0.717) is 22.0 Å². The normalized spacial score (nSPS) is 10.4. The lowest BCUT2D eigenvalue weighted by atomic mass is 10.0. The zero-order valence-corrected chi connectivity index (χ0v) is 12.4. The van der Waals surface area contributed by atoms with E-state index in [1.807, 2.05) is 12.1 Å². The lowest BCUT2D eigenvalue weighted by Crippen LogP contribution is -2.04. The molecule has 92 valence electrons. The molecule has 18 heavy (non-hydrogen) atoms. The first-order valence-electron chi connectivity index (χ1n) is 5.29. The zero-order valence-electron chi connectivity index (χ0n) is 9.29. The summed E-state index contributed by atoms with van der Waals surface area (Å²) in [6, 6.07) is 12.5. The molecule has 0 aromatic heterocycles. The van der Waals surface area contributed by atoms with Crippen LogP contribution in [0.2, 0.25) is 10.0 Å². The first-order valence-corrected chi connectivity index (χ1v) is 6.84. The molecule has 0 saturated heterocycles. The highest BCUT2D eigenvalue weighted by Crippen LogP contribution is 2.22. The summed E-state index contributed by atoms with van der Waals surface area (Å²) in [6.45, 7) is 0. The summed E-state index contributed by atoms with van der Waals surface area (Å²) in [7, 11) is 0. The van der Waals surface area contributed by atoms with Crippen molar-refractivity contribution in [3.05, 3.63) is 68.1 Å². The molecule has 0 aliphatic heterocycles. The second-order valence-corrected chi connectivity index (χ2v) is 5.61. The van der Waals surface area contributed by atoms with Gasteiger partial charge in [-0.15, -0.1) is 0 Å². The van der Waals surface area contributed by atoms with E-state index in [4.69, 9.17) is 23.2 Å². The van der Waals surface area contributed by atoms with Crippen LogP contribution in [-0.2, 0) is 6.42 Å². The number of carbonyl (C=O) groups excluding carboxylic acids is 1. The average Bonchev–Trinajstić information content (AvgIpc) is 2.35. The van der Waals surface area contributed by atoms with Gasteiger partial charge in [-0.25, -0.2) is 0 Å². The molecule has 0 atom stereocenters. The molecule has 0 bridgehead atoms. The van der Waals surface area contributed by atoms with Gasteiger partial charge < -0.3 is 0 Å². The predicted octanol–water partition coefficient (Wildman–Crippen LogP) is 5.18. The Morgan fingerprint density at radius 1 is 1.06 bits per heavy atom. The smallest absolute Gasteiger partial charge is 0.168 e. The lowest BCUT2D eigenvalue weighted by Gasteiger charge is -2.05. The molecule has 0 heterocycles. The van der Waals surface area contributed by atoms with Crippen molar-refractivity contribution in [3.63, 3.8) is 0 Å². The standard InChI is InChI=1S/C14H9BrCl2O/c15-10-3-6-13(17)12(8-10)14(18)7-9-1-4-11(16)5-2-9/h1-6,8H,7H2. The van der Waals surface area contributed by atoms with Gasteiger partial charge in [-0.2, -0.15) is 0 Å². The van der Waals surface area contributed by atoms with E-state index < -0.39 is 0 Å². The predicted molar refractivity (Wildman–Crippen MR) is 78.6 cm³/mol. The summed E-state index contributed by atoms with van der Waals surface area (Å²) in [5, 5.41) is 1.13. The Hall–Kier alpha value is -0.830. The van der Waals surface area contributed by atoms with Crippen LogP contribution in [0.5, 0.6) is 0 Å². The molecule has 0 fully saturated rings. The first kappa shape index (κ1) is 13.6. The van der Waals surface area contributed by atoms with Gasteiger partial charge >= 0.3 is 0 Å². The van der Waals surface area contributed by atoms with E-state index in [2.05, 4.69) is 15.9 Å². The highest BCUT2D eigenvalue weighted by Gasteiger charge is 2.11. The van der Waals surface area contributed by atoms with E-state index in [0.717, 1.165) is 10.0 Å². The molecule has 0 radical (unpaired) electrons. The van der Waals surface area contributed by atoms with Gasteiger partial charge in [0.2, 0.25) is 0 Å². The second kappa shape index (κ2) is 5.87. The molecule has 2 rings (SSSR count). The van der Waals surface area contributed by atoms with Crippen molar-refractivity contribution in [2.75, 3.05) is 0 Å². The summed E-state index contributed by atoms with van der Waals surface area (Å²) in [5.74, 6) is -0.0105. The minimum atomic E-state index is -0.0105. The molecule has 0 N–H and O–H groups in total. The van der Waals surface area contributed by atoms with Gasteiger partial charge in [-0.05, 0) is 35.9 Å². The van der Waals surface area contributed by atoms with Crippen molar-refractivity contribution in [2.45, 2.75) is 6.42 Å². The molecular formula is C14H9BrCl2O. The third kappa shape index (κ3) is 3.35. The molecule has 0 aliphatic carbocycles. The Kier molecular flexibility index (Phi) is 4.44. The van der Waals surface area contributed by atoms with Crippen LogP contribution in [0.3, 0.4) is 0 Å². The molecule has 0 aliphatic rings. The molecule has 0 saturated carbocycles. The highest BCUT2D eigenvalue weighted by atomic mass is 79.9. The van der Waals surface area contributed by atoms with Crippen LogP contribution >= 0.6 is 39.1 Å². The number of carbonyl (C=O) groups is 1.